The van der Waals surface area contributed by atoms with Gasteiger partial charge in [0.15, 0.2) is 0 Å². The van der Waals surface area contributed by atoms with Gasteiger partial charge in [-0.15, -0.1) is 0 Å². The fourth-order valence-electron chi connectivity index (χ4n) is 2.02. The molecule has 1 aromatic carbocycles. The van der Waals surface area contributed by atoms with Crippen molar-refractivity contribution in [1.82, 2.24) is 5.32 Å². The van der Waals surface area contributed by atoms with Crippen LogP contribution in [0.2, 0.25) is 0 Å². The molecule has 0 unspecified atom stereocenters. The van der Waals surface area contributed by atoms with Gasteiger partial charge in [-0.25, -0.2) is 0 Å². The predicted octanol–water partition coefficient (Wildman–Crippen LogP) is 2.59. The summed E-state index contributed by atoms with van der Waals surface area (Å²) in [6.45, 7) is 4.15. The zero-order valence-corrected chi connectivity index (χ0v) is 13.1. The van der Waals surface area contributed by atoms with Crippen molar-refractivity contribution in [3.05, 3.63) is 29.8 Å². The van der Waals surface area contributed by atoms with Gasteiger partial charge in [-0.2, -0.15) is 0 Å². The Morgan fingerprint density at radius 3 is 2.64 bits per heavy atom. The van der Waals surface area contributed by atoms with Crippen LogP contribution in [0.1, 0.15) is 38.7 Å². The van der Waals surface area contributed by atoms with Crippen LogP contribution in [0.4, 0.5) is 0 Å². The molecule has 1 aromatic rings. The van der Waals surface area contributed by atoms with E-state index in [0.29, 0.717) is 12.5 Å². The quantitative estimate of drug-likeness (QED) is 0.774. The number of benzene rings is 1. The second-order valence-electron chi connectivity index (χ2n) is 6.50. The van der Waals surface area contributed by atoms with Crippen molar-refractivity contribution in [2.75, 3.05) is 6.61 Å². The number of hydrogen-bond acceptors (Lipinski definition) is 3. The Hall–Kier alpha value is -2.04. The molecule has 0 aliphatic heterocycles. The normalized spacial score (nSPS) is 14.5. The van der Waals surface area contributed by atoms with Crippen LogP contribution < -0.4 is 10.1 Å². The van der Waals surface area contributed by atoms with Gasteiger partial charge in [0.2, 0.25) is 5.91 Å². The largest absolute Gasteiger partial charge is 0.493 e. The maximum absolute atomic E-state index is 11.9. The Bertz CT molecular complexity index is 549. The highest BCUT2D eigenvalue weighted by Crippen LogP contribution is 2.30. The molecule has 1 saturated carbocycles. The van der Waals surface area contributed by atoms with Crippen LogP contribution >= 0.6 is 0 Å². The molecule has 0 spiro atoms. The van der Waals surface area contributed by atoms with Crippen molar-refractivity contribution in [2.45, 2.75) is 39.7 Å². The Morgan fingerprint density at radius 1 is 1.32 bits per heavy atom. The summed E-state index contributed by atoms with van der Waals surface area (Å²) in [5.41, 5.74) is -0.156. The first kappa shape index (κ1) is 16.3. The van der Waals surface area contributed by atoms with E-state index < -0.39 is 11.4 Å². The molecule has 0 heterocycles. The highest BCUT2D eigenvalue weighted by Gasteiger charge is 2.30. The van der Waals surface area contributed by atoms with Gasteiger partial charge >= 0.3 is 5.97 Å². The molecule has 22 heavy (non-hydrogen) atoms. The molecule has 1 fully saturated rings. The molecule has 5 heteroatoms. The van der Waals surface area contributed by atoms with E-state index in [0.717, 1.165) is 17.9 Å². The number of carboxylic acid groups (broad SMARTS) is 1. The number of hydrogen-bond donors (Lipinski definition) is 2. The maximum Gasteiger partial charge on any atom is 0.309 e. The Kier molecular flexibility index (Phi) is 5.06. The summed E-state index contributed by atoms with van der Waals surface area (Å²) in [5.74, 6) is 0.200. The minimum absolute atomic E-state index is 0.0482. The standard InChI is InChI=1S/C17H23NO4/c1-17(2,16(20)21)9-15(19)18-10-13-5-3-4-6-14(13)22-11-12-7-8-12/h3-6,12H,7-11H2,1-2H3,(H,18,19)(H,20,21). The smallest absolute Gasteiger partial charge is 0.309 e. The van der Waals surface area contributed by atoms with E-state index in [1.165, 1.54) is 12.8 Å². The van der Waals surface area contributed by atoms with Gasteiger partial charge in [0.25, 0.3) is 0 Å². The van der Waals surface area contributed by atoms with Crippen molar-refractivity contribution in [3.8, 4) is 5.75 Å². The first-order valence-electron chi connectivity index (χ1n) is 7.59. The number of para-hydroxylation sites is 1. The third-order valence-corrected chi connectivity index (χ3v) is 3.80. The van der Waals surface area contributed by atoms with E-state index in [9.17, 15) is 9.59 Å². The Labute approximate surface area is 130 Å². The SMILES string of the molecule is CC(C)(CC(=O)NCc1ccccc1OCC1CC1)C(=O)O. The second kappa shape index (κ2) is 6.81. The predicted molar refractivity (Wildman–Crippen MR) is 82.5 cm³/mol. The Morgan fingerprint density at radius 2 is 2.00 bits per heavy atom. The van der Waals surface area contributed by atoms with Gasteiger partial charge in [-0.05, 0) is 38.7 Å². The summed E-state index contributed by atoms with van der Waals surface area (Å²) in [7, 11) is 0. The average Bonchev–Trinajstić information content (AvgIpc) is 3.27. The van der Waals surface area contributed by atoms with Crippen molar-refractivity contribution in [3.63, 3.8) is 0 Å². The molecule has 1 aliphatic carbocycles. The lowest BCUT2D eigenvalue weighted by molar-refractivity contribution is -0.149. The summed E-state index contributed by atoms with van der Waals surface area (Å²) < 4.78 is 5.79. The second-order valence-corrected chi connectivity index (χ2v) is 6.50. The number of nitrogens with one attached hydrogen (secondary N) is 1. The summed E-state index contributed by atoms with van der Waals surface area (Å²) in [4.78, 5) is 22.9. The molecular formula is C17H23NO4. The molecule has 0 bridgehead atoms. The Balaban J connectivity index is 1.87. The van der Waals surface area contributed by atoms with Gasteiger partial charge in [0.1, 0.15) is 5.75 Å². The fraction of sp³-hybridized carbons (Fsp3) is 0.529. The van der Waals surface area contributed by atoms with Crippen molar-refractivity contribution in [1.29, 1.82) is 0 Å². The van der Waals surface area contributed by atoms with Gasteiger partial charge in [-0.1, -0.05) is 18.2 Å². The van der Waals surface area contributed by atoms with Crippen LogP contribution in [0.5, 0.6) is 5.75 Å². The van der Waals surface area contributed by atoms with Crippen molar-refractivity contribution >= 4 is 11.9 Å². The van der Waals surface area contributed by atoms with Crippen molar-refractivity contribution in [2.24, 2.45) is 11.3 Å². The topological polar surface area (TPSA) is 75.6 Å². The van der Waals surface area contributed by atoms with Crippen molar-refractivity contribution < 1.29 is 19.4 Å². The van der Waals surface area contributed by atoms with E-state index in [1.54, 1.807) is 13.8 Å². The molecule has 5 nitrogen and oxygen atoms in total. The zero-order valence-electron chi connectivity index (χ0n) is 13.1. The lowest BCUT2D eigenvalue weighted by Gasteiger charge is -2.18. The van der Waals surface area contributed by atoms with Gasteiger partial charge in [-0.3, -0.25) is 9.59 Å². The number of rotatable bonds is 8. The minimum Gasteiger partial charge on any atom is -0.493 e. The summed E-state index contributed by atoms with van der Waals surface area (Å²) >= 11 is 0. The van der Waals surface area contributed by atoms with E-state index in [1.807, 2.05) is 24.3 Å². The lowest BCUT2D eigenvalue weighted by atomic mass is 9.89. The van der Waals surface area contributed by atoms with Crippen LogP contribution in [0, 0.1) is 11.3 Å². The zero-order chi connectivity index (χ0) is 16.2. The third kappa shape index (κ3) is 4.76. The lowest BCUT2D eigenvalue weighted by Crippen LogP contribution is -2.33. The van der Waals surface area contributed by atoms with Gasteiger partial charge in [0.05, 0.1) is 12.0 Å². The van der Waals surface area contributed by atoms with Crippen LogP contribution in [0.3, 0.4) is 0 Å². The molecule has 0 aromatic heterocycles. The molecule has 2 N–H and O–H groups in total. The molecule has 0 saturated heterocycles. The van der Waals surface area contributed by atoms with Crippen LogP contribution in [0.25, 0.3) is 0 Å². The maximum atomic E-state index is 11.9. The molecule has 120 valence electrons. The van der Waals surface area contributed by atoms with Gasteiger partial charge in [0, 0.05) is 18.5 Å². The van der Waals surface area contributed by atoms with Gasteiger partial charge < -0.3 is 15.2 Å². The average molecular weight is 305 g/mol. The number of amides is 1. The van der Waals surface area contributed by atoms with E-state index in [4.69, 9.17) is 9.84 Å². The first-order valence-corrected chi connectivity index (χ1v) is 7.59. The summed E-state index contributed by atoms with van der Waals surface area (Å²) in [6, 6.07) is 7.60. The first-order chi connectivity index (χ1) is 10.4. The van der Waals surface area contributed by atoms with E-state index >= 15 is 0 Å². The fourth-order valence-corrected chi connectivity index (χ4v) is 2.02. The number of carboxylic acids is 1. The molecular weight excluding hydrogens is 282 g/mol. The van der Waals surface area contributed by atoms with Crippen LogP contribution in [0.15, 0.2) is 24.3 Å². The highest BCUT2D eigenvalue weighted by atomic mass is 16.5. The summed E-state index contributed by atoms with van der Waals surface area (Å²) in [6.07, 6.45) is 2.40. The number of ether oxygens (including phenoxy) is 1. The van der Waals surface area contributed by atoms with E-state index in [-0.39, 0.29) is 12.3 Å². The monoisotopic (exact) mass is 305 g/mol. The summed E-state index contributed by atoms with van der Waals surface area (Å²) in [5, 5.41) is 11.8. The number of carbonyl (C=O) groups is 2. The molecule has 0 atom stereocenters. The van der Waals surface area contributed by atoms with Crippen LogP contribution in [-0.4, -0.2) is 23.6 Å². The number of carbonyl (C=O) groups excluding carboxylic acids is 1. The highest BCUT2D eigenvalue weighted by molar-refractivity contribution is 5.84. The van der Waals surface area contributed by atoms with E-state index in [2.05, 4.69) is 5.32 Å². The third-order valence-electron chi connectivity index (χ3n) is 3.80. The minimum atomic E-state index is -1.06. The molecule has 0 radical (unpaired) electrons. The number of aliphatic carboxylic acids is 1. The molecule has 2 rings (SSSR count). The molecule has 1 aliphatic rings. The molecule has 1 amide bonds. The van der Waals surface area contributed by atoms with Crippen LogP contribution in [-0.2, 0) is 16.1 Å².